The first kappa shape index (κ1) is 15.2. The van der Waals surface area contributed by atoms with Gasteiger partial charge in [0.1, 0.15) is 5.75 Å². The summed E-state index contributed by atoms with van der Waals surface area (Å²) in [6.45, 7) is -0.103. The van der Waals surface area contributed by atoms with Crippen LogP contribution >= 0.6 is 0 Å². The molecule has 0 aliphatic heterocycles. The van der Waals surface area contributed by atoms with Gasteiger partial charge in [0.2, 0.25) is 0 Å². The van der Waals surface area contributed by atoms with Crippen LogP contribution in [0.25, 0.3) is 0 Å². The molecular formula is C15H21N3O3. The van der Waals surface area contributed by atoms with Crippen molar-refractivity contribution in [3.8, 4) is 5.75 Å². The van der Waals surface area contributed by atoms with Crippen molar-refractivity contribution in [2.75, 3.05) is 19.4 Å². The van der Waals surface area contributed by atoms with Crippen LogP contribution in [0.2, 0.25) is 0 Å². The number of ether oxygens (including phenoxy) is 1. The number of likely N-dealkylation sites (N-methyl/N-ethyl adjacent to an activating group) is 1. The Hall–Kier alpha value is -2.24. The number of hydrogen-bond acceptors (Lipinski definition) is 4. The normalized spacial score (nSPS) is 14.7. The van der Waals surface area contributed by atoms with Gasteiger partial charge >= 0.3 is 0 Å². The third-order valence-electron chi connectivity index (χ3n) is 3.60. The molecule has 0 radical (unpaired) electrons. The van der Waals surface area contributed by atoms with Gasteiger partial charge in [-0.3, -0.25) is 9.59 Å². The Balaban J connectivity index is 1.97. The number of nitrogens with one attached hydrogen (secondary N) is 2. The van der Waals surface area contributed by atoms with Gasteiger partial charge in [-0.15, -0.1) is 0 Å². The Labute approximate surface area is 124 Å². The first-order valence-corrected chi connectivity index (χ1v) is 7.14. The third kappa shape index (κ3) is 4.11. The van der Waals surface area contributed by atoms with Gasteiger partial charge in [-0.25, -0.2) is 0 Å². The number of anilines is 1. The van der Waals surface area contributed by atoms with E-state index in [1.807, 2.05) is 0 Å². The van der Waals surface area contributed by atoms with Crippen molar-refractivity contribution in [3.05, 3.63) is 23.8 Å². The zero-order valence-electron chi connectivity index (χ0n) is 12.1. The molecule has 0 saturated heterocycles. The summed E-state index contributed by atoms with van der Waals surface area (Å²) in [5.74, 6) is 0.0416. The van der Waals surface area contributed by atoms with Gasteiger partial charge in [0.25, 0.3) is 11.8 Å². The maximum atomic E-state index is 12.1. The summed E-state index contributed by atoms with van der Waals surface area (Å²) in [5, 5.41) is 5.46. The summed E-state index contributed by atoms with van der Waals surface area (Å²) < 4.78 is 5.29. The molecule has 21 heavy (non-hydrogen) atoms. The predicted octanol–water partition coefficient (Wildman–Crippen LogP) is 1.07. The van der Waals surface area contributed by atoms with E-state index in [4.69, 9.17) is 10.5 Å². The van der Waals surface area contributed by atoms with Gasteiger partial charge in [-0.2, -0.15) is 0 Å². The molecule has 2 rings (SSSR count). The first-order valence-electron chi connectivity index (χ1n) is 7.14. The predicted molar refractivity (Wildman–Crippen MR) is 80.1 cm³/mol. The number of rotatable bonds is 5. The summed E-state index contributed by atoms with van der Waals surface area (Å²) in [5.41, 5.74) is 6.71. The van der Waals surface area contributed by atoms with Crippen LogP contribution in [0.3, 0.4) is 0 Å². The number of nitrogen functional groups attached to an aromatic ring is 1. The molecular weight excluding hydrogens is 270 g/mol. The molecule has 0 atom stereocenters. The number of carbonyl (C=O) groups is 2. The molecule has 1 fully saturated rings. The molecule has 1 aromatic carbocycles. The fourth-order valence-electron chi connectivity index (χ4n) is 2.38. The van der Waals surface area contributed by atoms with Crippen molar-refractivity contribution in [1.82, 2.24) is 10.6 Å². The van der Waals surface area contributed by atoms with Crippen molar-refractivity contribution in [1.29, 1.82) is 0 Å². The second kappa shape index (κ2) is 6.97. The van der Waals surface area contributed by atoms with Crippen LogP contribution in [0, 0.1) is 0 Å². The fourth-order valence-corrected chi connectivity index (χ4v) is 2.38. The van der Waals surface area contributed by atoms with E-state index in [1.165, 1.54) is 19.9 Å². The van der Waals surface area contributed by atoms with E-state index in [1.54, 1.807) is 18.2 Å². The van der Waals surface area contributed by atoms with Gasteiger partial charge in [0, 0.05) is 18.7 Å². The lowest BCUT2D eigenvalue weighted by atomic mass is 10.1. The van der Waals surface area contributed by atoms with Crippen molar-refractivity contribution >= 4 is 17.5 Å². The second-order valence-electron chi connectivity index (χ2n) is 5.17. The fraction of sp³-hybridized carbons (Fsp3) is 0.467. The van der Waals surface area contributed by atoms with E-state index in [9.17, 15) is 9.59 Å². The summed E-state index contributed by atoms with van der Waals surface area (Å²) in [6.07, 6.45) is 4.40. The highest BCUT2D eigenvalue weighted by atomic mass is 16.5. The summed E-state index contributed by atoms with van der Waals surface area (Å²) >= 11 is 0. The average molecular weight is 291 g/mol. The largest absolute Gasteiger partial charge is 0.482 e. The van der Waals surface area contributed by atoms with Crippen molar-refractivity contribution < 1.29 is 14.3 Å². The van der Waals surface area contributed by atoms with Gasteiger partial charge in [0.05, 0.1) is 5.69 Å². The van der Waals surface area contributed by atoms with Gasteiger partial charge in [-0.05, 0) is 31.0 Å². The Morgan fingerprint density at radius 3 is 2.67 bits per heavy atom. The number of nitrogens with two attached hydrogens (primary N) is 1. The Kier molecular flexibility index (Phi) is 5.03. The molecule has 1 saturated carbocycles. The summed E-state index contributed by atoms with van der Waals surface area (Å²) in [6, 6.07) is 5.10. The molecule has 2 amide bonds. The summed E-state index contributed by atoms with van der Waals surface area (Å²) in [4.78, 5) is 23.2. The SMILES string of the molecule is CNC(=O)COc1ccc(C(=O)NC2CCCC2)cc1N. The van der Waals surface area contributed by atoms with E-state index < -0.39 is 0 Å². The number of benzene rings is 1. The smallest absolute Gasteiger partial charge is 0.257 e. The third-order valence-corrected chi connectivity index (χ3v) is 3.60. The molecule has 0 spiro atoms. The Morgan fingerprint density at radius 1 is 1.33 bits per heavy atom. The van der Waals surface area contributed by atoms with E-state index in [-0.39, 0.29) is 24.5 Å². The molecule has 0 unspecified atom stereocenters. The van der Waals surface area contributed by atoms with Crippen LogP contribution < -0.4 is 21.1 Å². The lowest BCUT2D eigenvalue weighted by molar-refractivity contribution is -0.122. The van der Waals surface area contributed by atoms with E-state index in [0.29, 0.717) is 17.0 Å². The zero-order valence-corrected chi connectivity index (χ0v) is 12.1. The molecule has 6 heteroatoms. The molecule has 0 bridgehead atoms. The minimum absolute atomic E-state index is 0.103. The van der Waals surface area contributed by atoms with Crippen molar-refractivity contribution in [2.45, 2.75) is 31.7 Å². The molecule has 6 nitrogen and oxygen atoms in total. The highest BCUT2D eigenvalue weighted by Crippen LogP contribution is 2.23. The minimum Gasteiger partial charge on any atom is -0.482 e. The average Bonchev–Trinajstić information content (AvgIpc) is 2.98. The number of hydrogen-bond donors (Lipinski definition) is 3. The number of carbonyl (C=O) groups excluding carboxylic acids is 2. The zero-order chi connectivity index (χ0) is 15.2. The standard InChI is InChI=1S/C15H21N3O3/c1-17-14(19)9-21-13-7-6-10(8-12(13)16)15(20)18-11-4-2-3-5-11/h6-8,11H,2-5,9,16H2,1H3,(H,17,19)(H,18,20). The van der Waals surface area contributed by atoms with Crippen molar-refractivity contribution in [3.63, 3.8) is 0 Å². The van der Waals surface area contributed by atoms with Crippen LogP contribution in [-0.2, 0) is 4.79 Å². The highest BCUT2D eigenvalue weighted by Gasteiger charge is 2.18. The molecule has 114 valence electrons. The molecule has 1 aliphatic rings. The topological polar surface area (TPSA) is 93.4 Å². The van der Waals surface area contributed by atoms with Crippen LogP contribution in [0.5, 0.6) is 5.75 Å². The maximum Gasteiger partial charge on any atom is 0.257 e. The van der Waals surface area contributed by atoms with Gasteiger partial charge in [-0.1, -0.05) is 12.8 Å². The van der Waals surface area contributed by atoms with Crippen molar-refractivity contribution in [2.24, 2.45) is 0 Å². The molecule has 0 aromatic heterocycles. The van der Waals surface area contributed by atoms with Crippen LogP contribution in [0.15, 0.2) is 18.2 Å². The lowest BCUT2D eigenvalue weighted by Gasteiger charge is -2.13. The Bertz CT molecular complexity index is 525. The molecule has 0 heterocycles. The monoisotopic (exact) mass is 291 g/mol. The Morgan fingerprint density at radius 2 is 2.05 bits per heavy atom. The van der Waals surface area contributed by atoms with Crippen LogP contribution in [-0.4, -0.2) is 31.5 Å². The van der Waals surface area contributed by atoms with Crippen LogP contribution in [0.1, 0.15) is 36.0 Å². The van der Waals surface area contributed by atoms with Gasteiger partial charge < -0.3 is 21.1 Å². The molecule has 1 aliphatic carbocycles. The van der Waals surface area contributed by atoms with Gasteiger partial charge in [0.15, 0.2) is 6.61 Å². The molecule has 4 N–H and O–H groups in total. The summed E-state index contributed by atoms with van der Waals surface area (Å²) in [7, 11) is 1.53. The first-order chi connectivity index (χ1) is 10.1. The van der Waals surface area contributed by atoms with E-state index in [0.717, 1.165) is 12.8 Å². The van der Waals surface area contributed by atoms with Crippen LogP contribution in [0.4, 0.5) is 5.69 Å². The maximum absolute atomic E-state index is 12.1. The quantitative estimate of drug-likeness (QED) is 0.707. The van der Waals surface area contributed by atoms with E-state index in [2.05, 4.69) is 10.6 Å². The molecule has 1 aromatic rings. The lowest BCUT2D eigenvalue weighted by Crippen LogP contribution is -2.32. The highest BCUT2D eigenvalue weighted by molar-refractivity contribution is 5.95. The van der Waals surface area contributed by atoms with E-state index >= 15 is 0 Å². The second-order valence-corrected chi connectivity index (χ2v) is 5.17. The minimum atomic E-state index is -0.238. The number of amides is 2.